The summed E-state index contributed by atoms with van der Waals surface area (Å²) in [6.45, 7) is 0.302. The molecular formula is C23H15FN2O5. The molecule has 154 valence electrons. The van der Waals surface area contributed by atoms with E-state index in [0.717, 1.165) is 11.1 Å². The highest BCUT2D eigenvalue weighted by atomic mass is 19.1. The van der Waals surface area contributed by atoms with Crippen LogP contribution >= 0.6 is 0 Å². The van der Waals surface area contributed by atoms with Crippen LogP contribution in [0.5, 0.6) is 5.75 Å². The van der Waals surface area contributed by atoms with Gasteiger partial charge in [-0.15, -0.1) is 0 Å². The van der Waals surface area contributed by atoms with Crippen LogP contribution in [0.3, 0.4) is 0 Å². The number of benzene rings is 3. The molecule has 0 atom stereocenters. The van der Waals surface area contributed by atoms with Crippen LogP contribution in [0.4, 0.5) is 10.1 Å². The second kappa shape index (κ2) is 8.58. The molecule has 1 heterocycles. The van der Waals surface area contributed by atoms with Gasteiger partial charge in [-0.3, -0.25) is 10.1 Å². The van der Waals surface area contributed by atoms with E-state index in [9.17, 15) is 19.3 Å². The maximum atomic E-state index is 12.9. The number of ether oxygens (including phenoxy) is 2. The van der Waals surface area contributed by atoms with Crippen LogP contribution in [0, 0.1) is 15.9 Å². The van der Waals surface area contributed by atoms with Crippen LogP contribution < -0.4 is 4.74 Å². The van der Waals surface area contributed by atoms with Gasteiger partial charge < -0.3 is 9.47 Å². The van der Waals surface area contributed by atoms with Gasteiger partial charge in [-0.2, -0.15) is 0 Å². The Morgan fingerprint density at radius 3 is 2.32 bits per heavy atom. The fourth-order valence-electron chi connectivity index (χ4n) is 2.82. The summed E-state index contributed by atoms with van der Waals surface area (Å²) in [5.41, 5.74) is 2.08. The number of nitro benzene ring substituents is 1. The number of carbonyl (C=O) groups excluding carboxylic acids is 1. The average molecular weight is 418 g/mol. The van der Waals surface area contributed by atoms with Gasteiger partial charge in [0, 0.05) is 17.7 Å². The summed E-state index contributed by atoms with van der Waals surface area (Å²) in [5.74, 6) is -0.197. The predicted molar refractivity (Wildman–Crippen MR) is 111 cm³/mol. The highest BCUT2D eigenvalue weighted by Crippen LogP contribution is 2.22. The van der Waals surface area contributed by atoms with Crippen LogP contribution in [-0.4, -0.2) is 16.8 Å². The van der Waals surface area contributed by atoms with Crippen molar-refractivity contribution in [2.45, 2.75) is 6.61 Å². The number of hydrogen-bond acceptors (Lipinski definition) is 6. The molecule has 3 aromatic rings. The van der Waals surface area contributed by atoms with Crippen LogP contribution in [-0.2, 0) is 16.1 Å². The van der Waals surface area contributed by atoms with Crippen molar-refractivity contribution in [2.75, 3.05) is 0 Å². The summed E-state index contributed by atoms with van der Waals surface area (Å²) in [6, 6.07) is 18.7. The zero-order chi connectivity index (χ0) is 21.8. The number of cyclic esters (lactones) is 1. The summed E-state index contributed by atoms with van der Waals surface area (Å²) < 4.78 is 23.8. The molecule has 0 amide bonds. The minimum Gasteiger partial charge on any atom is -0.489 e. The van der Waals surface area contributed by atoms with Gasteiger partial charge in [0.05, 0.1) is 4.92 Å². The number of esters is 1. The molecule has 0 N–H and O–H groups in total. The van der Waals surface area contributed by atoms with E-state index in [4.69, 9.17) is 9.47 Å². The molecule has 1 aliphatic heterocycles. The van der Waals surface area contributed by atoms with Gasteiger partial charge in [-0.05, 0) is 53.6 Å². The number of nitrogens with zero attached hydrogens (tertiary/aromatic N) is 2. The van der Waals surface area contributed by atoms with Crippen LogP contribution in [0.25, 0.3) is 6.08 Å². The Balaban J connectivity index is 1.44. The number of carbonyl (C=O) groups is 1. The van der Waals surface area contributed by atoms with Gasteiger partial charge >= 0.3 is 5.97 Å². The van der Waals surface area contributed by atoms with Gasteiger partial charge in [-0.1, -0.05) is 24.3 Å². The second-order valence-electron chi connectivity index (χ2n) is 6.62. The maximum Gasteiger partial charge on any atom is 0.363 e. The van der Waals surface area contributed by atoms with E-state index in [2.05, 4.69) is 4.99 Å². The van der Waals surface area contributed by atoms with Crippen molar-refractivity contribution in [3.8, 4) is 5.75 Å². The number of rotatable bonds is 6. The maximum absolute atomic E-state index is 12.9. The number of nitro groups is 1. The third-order valence-corrected chi connectivity index (χ3v) is 4.45. The zero-order valence-corrected chi connectivity index (χ0v) is 16.0. The van der Waals surface area contributed by atoms with E-state index in [0.29, 0.717) is 17.9 Å². The molecule has 7 nitrogen and oxygen atoms in total. The minimum absolute atomic E-state index is 0.0637. The molecule has 3 aromatic carbocycles. The first-order valence-electron chi connectivity index (χ1n) is 9.23. The molecule has 0 aliphatic carbocycles. The Kier molecular flexibility index (Phi) is 5.53. The molecule has 1 aliphatic rings. The molecule has 0 fully saturated rings. The number of non-ortho nitro benzene ring substituents is 1. The van der Waals surface area contributed by atoms with E-state index in [1.54, 1.807) is 42.5 Å². The summed E-state index contributed by atoms with van der Waals surface area (Å²) >= 11 is 0. The van der Waals surface area contributed by atoms with Crippen molar-refractivity contribution in [1.29, 1.82) is 0 Å². The van der Waals surface area contributed by atoms with Crippen molar-refractivity contribution >= 4 is 23.6 Å². The highest BCUT2D eigenvalue weighted by molar-refractivity contribution is 6.12. The van der Waals surface area contributed by atoms with Crippen molar-refractivity contribution in [2.24, 2.45) is 4.99 Å². The first-order valence-corrected chi connectivity index (χ1v) is 9.23. The monoisotopic (exact) mass is 418 g/mol. The Labute approximate surface area is 176 Å². The number of hydrogen-bond donors (Lipinski definition) is 0. The Morgan fingerprint density at radius 2 is 1.68 bits per heavy atom. The van der Waals surface area contributed by atoms with Gasteiger partial charge in [0.2, 0.25) is 5.90 Å². The van der Waals surface area contributed by atoms with Crippen LogP contribution in [0.15, 0.2) is 83.5 Å². The fourth-order valence-corrected chi connectivity index (χ4v) is 2.82. The molecule has 0 unspecified atom stereocenters. The quantitative estimate of drug-likeness (QED) is 0.251. The third kappa shape index (κ3) is 4.81. The lowest BCUT2D eigenvalue weighted by atomic mass is 10.2. The van der Waals surface area contributed by atoms with Crippen molar-refractivity contribution in [3.63, 3.8) is 0 Å². The van der Waals surface area contributed by atoms with E-state index in [1.807, 2.05) is 0 Å². The number of halogens is 1. The zero-order valence-electron chi connectivity index (χ0n) is 16.0. The van der Waals surface area contributed by atoms with Crippen LogP contribution in [0.2, 0.25) is 0 Å². The van der Waals surface area contributed by atoms with E-state index < -0.39 is 10.9 Å². The molecular weight excluding hydrogens is 403 g/mol. The lowest BCUT2D eigenvalue weighted by Gasteiger charge is -2.06. The molecule has 0 aromatic heterocycles. The van der Waals surface area contributed by atoms with Crippen molar-refractivity contribution in [3.05, 3.63) is 111 Å². The SMILES string of the molecule is O=C1OC(c2ccc([N+](=O)[O-])cc2)=N/C1=C/c1ccc(OCc2ccc(F)cc2)cc1. The lowest BCUT2D eigenvalue weighted by molar-refractivity contribution is -0.384. The summed E-state index contributed by atoms with van der Waals surface area (Å²) in [7, 11) is 0. The molecule has 0 saturated heterocycles. The third-order valence-electron chi connectivity index (χ3n) is 4.45. The highest BCUT2D eigenvalue weighted by Gasteiger charge is 2.24. The Hall–Kier alpha value is -4.33. The molecule has 0 saturated carbocycles. The van der Waals surface area contributed by atoms with Crippen molar-refractivity contribution < 1.29 is 23.6 Å². The first-order chi connectivity index (χ1) is 15.0. The van der Waals surface area contributed by atoms with Crippen LogP contribution in [0.1, 0.15) is 16.7 Å². The summed E-state index contributed by atoms with van der Waals surface area (Å²) in [6.07, 6.45) is 1.57. The molecule has 31 heavy (non-hydrogen) atoms. The summed E-state index contributed by atoms with van der Waals surface area (Å²) in [4.78, 5) is 26.6. The van der Waals surface area contributed by atoms with E-state index >= 15 is 0 Å². The fraction of sp³-hybridized carbons (Fsp3) is 0.0435. The Bertz CT molecular complexity index is 1180. The van der Waals surface area contributed by atoms with Gasteiger partial charge in [-0.25, -0.2) is 14.2 Å². The second-order valence-corrected chi connectivity index (χ2v) is 6.62. The van der Waals surface area contributed by atoms with Gasteiger partial charge in [0.15, 0.2) is 5.70 Å². The van der Waals surface area contributed by atoms with E-state index in [1.165, 1.54) is 36.4 Å². The van der Waals surface area contributed by atoms with Gasteiger partial charge in [0.1, 0.15) is 18.2 Å². The largest absolute Gasteiger partial charge is 0.489 e. The molecule has 0 bridgehead atoms. The predicted octanol–water partition coefficient (Wildman–Crippen LogP) is 4.66. The molecule has 0 radical (unpaired) electrons. The molecule has 8 heteroatoms. The standard InChI is InChI=1S/C23H15FN2O5/c24-18-7-1-16(2-8-18)14-30-20-11-3-15(4-12-20)13-21-23(27)31-22(25-21)17-5-9-19(10-6-17)26(28)29/h1-13H,14H2/b21-13+. The summed E-state index contributed by atoms with van der Waals surface area (Å²) in [5, 5.41) is 10.7. The Morgan fingerprint density at radius 1 is 1.00 bits per heavy atom. The topological polar surface area (TPSA) is 91.0 Å². The normalized spacial score (nSPS) is 14.3. The van der Waals surface area contributed by atoms with E-state index in [-0.39, 0.29) is 23.1 Å². The molecule has 4 rings (SSSR count). The number of aliphatic imine (C=N–C) groups is 1. The van der Waals surface area contributed by atoms with Crippen molar-refractivity contribution in [1.82, 2.24) is 0 Å². The molecule has 0 spiro atoms. The average Bonchev–Trinajstić information content (AvgIpc) is 3.14. The minimum atomic E-state index is -0.606. The smallest absolute Gasteiger partial charge is 0.363 e. The lowest BCUT2D eigenvalue weighted by Crippen LogP contribution is -2.05. The first kappa shape index (κ1) is 20.0. The van der Waals surface area contributed by atoms with Gasteiger partial charge in [0.25, 0.3) is 5.69 Å².